The van der Waals surface area contributed by atoms with Crippen molar-refractivity contribution < 1.29 is 17.9 Å². The summed E-state index contributed by atoms with van der Waals surface area (Å²) in [6, 6.07) is 9.34. The van der Waals surface area contributed by atoms with E-state index < -0.39 is 15.9 Å². The van der Waals surface area contributed by atoms with Gasteiger partial charge in [0.2, 0.25) is 11.8 Å². The van der Waals surface area contributed by atoms with Crippen LogP contribution in [0, 0.1) is 0 Å². The molecule has 0 fully saturated rings. The predicted molar refractivity (Wildman–Crippen MR) is 93.3 cm³/mol. The summed E-state index contributed by atoms with van der Waals surface area (Å²) in [5.74, 6) is 0.0528. The Hall–Kier alpha value is -3.40. The highest BCUT2D eigenvalue weighted by molar-refractivity contribution is 7.92. The number of ether oxygens (including phenoxy) is 1. The monoisotopic (exact) mass is 373 g/mol. The van der Waals surface area contributed by atoms with Crippen LogP contribution in [-0.4, -0.2) is 29.1 Å². The van der Waals surface area contributed by atoms with Crippen molar-refractivity contribution in [3.63, 3.8) is 0 Å². The summed E-state index contributed by atoms with van der Waals surface area (Å²) in [7, 11) is -2.12. The Morgan fingerprint density at radius 2 is 2.04 bits per heavy atom. The Balaban J connectivity index is 1.73. The average Bonchev–Trinajstić information content (AvgIpc) is 3.04. The van der Waals surface area contributed by atoms with E-state index in [1.807, 2.05) is 0 Å². The molecule has 2 heterocycles. The maximum absolute atomic E-state index is 12.2. The summed E-state index contributed by atoms with van der Waals surface area (Å²) in [6.45, 7) is 0. The summed E-state index contributed by atoms with van der Waals surface area (Å²) in [5, 5.41) is 3.83. The van der Waals surface area contributed by atoms with E-state index in [2.05, 4.69) is 14.8 Å². The molecule has 1 amide bonds. The minimum absolute atomic E-state index is 0.0450. The highest BCUT2D eigenvalue weighted by atomic mass is 32.2. The molecule has 0 aliphatic heterocycles. The van der Waals surface area contributed by atoms with Gasteiger partial charge in [-0.3, -0.25) is 14.2 Å². The SMILES string of the molecule is Cn1cc(S(=O)(=O)Nc2ccc(Oc3cccc(C(N)=O)c3)nc2)cn1. The molecule has 1 aromatic carbocycles. The number of anilines is 1. The number of aryl methyl sites for hydroxylation is 1. The van der Waals surface area contributed by atoms with Gasteiger partial charge in [-0.25, -0.2) is 13.4 Å². The van der Waals surface area contributed by atoms with Gasteiger partial charge in [0.1, 0.15) is 10.6 Å². The Morgan fingerprint density at radius 1 is 1.23 bits per heavy atom. The number of amides is 1. The first-order valence-corrected chi connectivity index (χ1v) is 8.87. The molecule has 10 heteroatoms. The van der Waals surface area contributed by atoms with Gasteiger partial charge >= 0.3 is 0 Å². The van der Waals surface area contributed by atoms with E-state index >= 15 is 0 Å². The third-order valence-electron chi connectivity index (χ3n) is 3.32. The van der Waals surface area contributed by atoms with Crippen molar-refractivity contribution in [1.82, 2.24) is 14.8 Å². The molecule has 134 valence electrons. The molecule has 3 aromatic rings. The quantitative estimate of drug-likeness (QED) is 0.674. The number of carbonyl (C=O) groups is 1. The number of carbonyl (C=O) groups excluding carboxylic acids is 1. The lowest BCUT2D eigenvalue weighted by Crippen LogP contribution is -2.12. The maximum Gasteiger partial charge on any atom is 0.265 e. The first kappa shape index (κ1) is 17.4. The number of pyridine rings is 1. The van der Waals surface area contributed by atoms with Crippen molar-refractivity contribution in [2.45, 2.75) is 4.90 Å². The molecule has 0 spiro atoms. The lowest BCUT2D eigenvalue weighted by molar-refractivity contribution is 0.1000. The van der Waals surface area contributed by atoms with Crippen LogP contribution < -0.4 is 15.2 Å². The van der Waals surface area contributed by atoms with Crippen LogP contribution in [-0.2, 0) is 17.1 Å². The number of nitrogens with two attached hydrogens (primary N) is 1. The fourth-order valence-electron chi connectivity index (χ4n) is 2.09. The van der Waals surface area contributed by atoms with Crippen molar-refractivity contribution in [3.05, 3.63) is 60.6 Å². The van der Waals surface area contributed by atoms with Crippen LogP contribution in [0.4, 0.5) is 5.69 Å². The highest BCUT2D eigenvalue weighted by Crippen LogP contribution is 2.22. The normalized spacial score (nSPS) is 11.1. The summed E-state index contributed by atoms with van der Waals surface area (Å²) < 4.78 is 33.8. The van der Waals surface area contributed by atoms with Gasteiger partial charge < -0.3 is 10.5 Å². The van der Waals surface area contributed by atoms with E-state index in [9.17, 15) is 13.2 Å². The van der Waals surface area contributed by atoms with Gasteiger partial charge in [-0.2, -0.15) is 5.10 Å². The minimum atomic E-state index is -3.74. The maximum atomic E-state index is 12.2. The number of benzene rings is 1. The van der Waals surface area contributed by atoms with Crippen LogP contribution in [0.1, 0.15) is 10.4 Å². The molecule has 0 saturated carbocycles. The van der Waals surface area contributed by atoms with Crippen LogP contribution >= 0.6 is 0 Å². The number of aromatic nitrogens is 3. The van der Waals surface area contributed by atoms with Crippen molar-refractivity contribution in [1.29, 1.82) is 0 Å². The second-order valence-corrected chi connectivity index (χ2v) is 7.02. The number of hydrogen-bond acceptors (Lipinski definition) is 6. The minimum Gasteiger partial charge on any atom is -0.439 e. The predicted octanol–water partition coefficient (Wildman–Crippen LogP) is 1.51. The fraction of sp³-hybridized carbons (Fsp3) is 0.0625. The number of hydrogen-bond donors (Lipinski definition) is 2. The molecule has 26 heavy (non-hydrogen) atoms. The molecule has 3 N–H and O–H groups in total. The molecular weight excluding hydrogens is 358 g/mol. The smallest absolute Gasteiger partial charge is 0.265 e. The Morgan fingerprint density at radius 3 is 2.65 bits per heavy atom. The van der Waals surface area contributed by atoms with Crippen LogP contribution in [0.15, 0.2) is 59.9 Å². The second kappa shape index (κ2) is 6.84. The third-order valence-corrected chi connectivity index (χ3v) is 4.66. The number of nitrogens with zero attached hydrogens (tertiary/aromatic N) is 3. The standard InChI is InChI=1S/C16H15N5O4S/c1-21-10-14(9-19-21)26(23,24)20-12-5-6-15(18-8-12)25-13-4-2-3-11(7-13)16(17)22/h2-10,20H,1H3,(H2,17,22). The summed E-state index contributed by atoms with van der Waals surface area (Å²) in [4.78, 5) is 15.3. The second-order valence-electron chi connectivity index (χ2n) is 5.33. The zero-order valence-electron chi connectivity index (χ0n) is 13.7. The van der Waals surface area contributed by atoms with Crippen molar-refractivity contribution in [3.8, 4) is 11.6 Å². The van der Waals surface area contributed by atoms with E-state index in [0.717, 1.165) is 0 Å². The number of rotatable bonds is 6. The van der Waals surface area contributed by atoms with E-state index in [1.54, 1.807) is 25.2 Å². The van der Waals surface area contributed by atoms with Gasteiger partial charge in [-0.05, 0) is 24.3 Å². The number of nitrogens with one attached hydrogen (secondary N) is 1. The van der Waals surface area contributed by atoms with Crippen LogP contribution in [0.2, 0.25) is 0 Å². The lowest BCUT2D eigenvalue weighted by Gasteiger charge is -2.08. The molecule has 0 radical (unpaired) electrons. The zero-order chi connectivity index (χ0) is 18.7. The topological polar surface area (TPSA) is 129 Å². The molecule has 0 saturated heterocycles. The molecule has 9 nitrogen and oxygen atoms in total. The van der Waals surface area contributed by atoms with E-state index in [-0.39, 0.29) is 16.5 Å². The van der Waals surface area contributed by atoms with Gasteiger partial charge in [0, 0.05) is 24.9 Å². The summed E-state index contributed by atoms with van der Waals surface area (Å²) >= 11 is 0. The Kier molecular flexibility index (Phi) is 4.59. The molecule has 0 bridgehead atoms. The molecule has 0 unspecified atom stereocenters. The van der Waals surface area contributed by atoms with Crippen molar-refractivity contribution in [2.24, 2.45) is 12.8 Å². The van der Waals surface area contributed by atoms with Gasteiger partial charge in [0.05, 0.1) is 18.1 Å². The Labute approximate surface area is 149 Å². The first-order chi connectivity index (χ1) is 12.3. The zero-order valence-corrected chi connectivity index (χ0v) is 14.5. The summed E-state index contributed by atoms with van der Waals surface area (Å²) in [6.07, 6.45) is 3.96. The molecule has 0 aliphatic rings. The van der Waals surface area contributed by atoms with E-state index in [1.165, 1.54) is 41.5 Å². The van der Waals surface area contributed by atoms with Crippen LogP contribution in [0.3, 0.4) is 0 Å². The van der Waals surface area contributed by atoms with Crippen LogP contribution in [0.5, 0.6) is 11.6 Å². The van der Waals surface area contributed by atoms with Gasteiger partial charge in [-0.1, -0.05) is 6.07 Å². The molecule has 0 aliphatic carbocycles. The van der Waals surface area contributed by atoms with E-state index in [4.69, 9.17) is 10.5 Å². The van der Waals surface area contributed by atoms with Gasteiger partial charge in [-0.15, -0.1) is 0 Å². The van der Waals surface area contributed by atoms with Crippen molar-refractivity contribution >= 4 is 21.6 Å². The molecule has 3 rings (SSSR count). The lowest BCUT2D eigenvalue weighted by atomic mass is 10.2. The first-order valence-electron chi connectivity index (χ1n) is 7.39. The largest absolute Gasteiger partial charge is 0.439 e. The van der Waals surface area contributed by atoms with Crippen LogP contribution in [0.25, 0.3) is 0 Å². The highest BCUT2D eigenvalue weighted by Gasteiger charge is 2.16. The van der Waals surface area contributed by atoms with Crippen molar-refractivity contribution in [2.75, 3.05) is 4.72 Å². The third kappa shape index (κ3) is 3.98. The van der Waals surface area contributed by atoms with Gasteiger partial charge in [0.15, 0.2) is 0 Å². The molecule has 0 atom stereocenters. The van der Waals surface area contributed by atoms with E-state index in [0.29, 0.717) is 11.3 Å². The fourth-order valence-corrected chi connectivity index (χ4v) is 3.11. The molecular formula is C16H15N5O4S. The summed E-state index contributed by atoms with van der Waals surface area (Å²) in [5.41, 5.74) is 5.80. The number of sulfonamides is 1. The van der Waals surface area contributed by atoms with Gasteiger partial charge in [0.25, 0.3) is 10.0 Å². The average molecular weight is 373 g/mol. The number of primary amides is 1. The Bertz CT molecular complexity index is 1040. The molecule has 2 aromatic heterocycles.